The minimum atomic E-state index is -0.513. The van der Waals surface area contributed by atoms with Crippen LogP contribution in [0.4, 0.5) is 10.2 Å². The van der Waals surface area contributed by atoms with Gasteiger partial charge in [0.1, 0.15) is 17.7 Å². The number of piperidine rings is 1. The van der Waals surface area contributed by atoms with Crippen molar-refractivity contribution in [2.45, 2.75) is 38.4 Å². The predicted molar refractivity (Wildman–Crippen MR) is 105 cm³/mol. The van der Waals surface area contributed by atoms with E-state index in [1.807, 2.05) is 31.1 Å². The number of anilines is 1. The first-order valence-electron chi connectivity index (χ1n) is 9.38. The lowest BCUT2D eigenvalue weighted by Gasteiger charge is -2.34. The highest BCUT2D eigenvalue weighted by atomic mass is 19.1. The summed E-state index contributed by atoms with van der Waals surface area (Å²) in [6.45, 7) is 0.675. The summed E-state index contributed by atoms with van der Waals surface area (Å²) in [5.41, 5.74) is 1.75. The molecule has 0 radical (unpaired) electrons. The molecule has 28 heavy (non-hydrogen) atoms. The molecule has 1 atom stereocenters. The molecular weight excluding hydrogens is 359 g/mol. The third kappa shape index (κ3) is 4.85. The molecule has 1 aliphatic heterocycles. The maximum atomic E-state index is 13.1. The summed E-state index contributed by atoms with van der Waals surface area (Å²) < 4.78 is 13.1. The van der Waals surface area contributed by atoms with Gasteiger partial charge in [-0.3, -0.25) is 9.59 Å². The number of carbonyl (C=O) groups excluding carboxylic acids is 2. The van der Waals surface area contributed by atoms with E-state index in [4.69, 9.17) is 0 Å². The molecule has 7 heteroatoms. The monoisotopic (exact) mass is 384 g/mol. The number of hydrogen-bond donors (Lipinski definition) is 1. The van der Waals surface area contributed by atoms with Crippen molar-refractivity contribution in [1.29, 1.82) is 0 Å². The molecule has 1 aromatic heterocycles. The fourth-order valence-electron chi connectivity index (χ4n) is 3.30. The van der Waals surface area contributed by atoms with Crippen LogP contribution in [-0.4, -0.2) is 41.8 Å². The van der Waals surface area contributed by atoms with Crippen LogP contribution in [0.15, 0.2) is 42.6 Å². The Hall–Kier alpha value is -2.96. The smallest absolute Gasteiger partial charge is 0.243 e. The number of hydrogen-bond acceptors (Lipinski definition) is 4. The zero-order valence-electron chi connectivity index (χ0n) is 16.2. The van der Waals surface area contributed by atoms with E-state index in [2.05, 4.69) is 10.3 Å². The molecule has 148 valence electrons. The van der Waals surface area contributed by atoms with Crippen molar-refractivity contribution in [2.24, 2.45) is 0 Å². The van der Waals surface area contributed by atoms with Gasteiger partial charge in [-0.2, -0.15) is 0 Å². The predicted octanol–water partition coefficient (Wildman–Crippen LogP) is 2.48. The summed E-state index contributed by atoms with van der Waals surface area (Å²) >= 11 is 0. The second-order valence-electron chi connectivity index (χ2n) is 7.19. The minimum absolute atomic E-state index is 0.0467. The summed E-state index contributed by atoms with van der Waals surface area (Å²) in [6, 6.07) is 9.28. The Morgan fingerprint density at radius 2 is 2.00 bits per heavy atom. The summed E-state index contributed by atoms with van der Waals surface area (Å²) in [7, 11) is 3.82. The number of pyridine rings is 1. The van der Waals surface area contributed by atoms with E-state index in [1.165, 1.54) is 12.1 Å². The summed E-state index contributed by atoms with van der Waals surface area (Å²) in [5, 5.41) is 2.94. The van der Waals surface area contributed by atoms with E-state index in [1.54, 1.807) is 23.2 Å². The average Bonchev–Trinajstić information content (AvgIpc) is 2.69. The van der Waals surface area contributed by atoms with Crippen molar-refractivity contribution >= 4 is 17.6 Å². The number of halogens is 1. The summed E-state index contributed by atoms with van der Waals surface area (Å²) in [4.78, 5) is 33.0. The van der Waals surface area contributed by atoms with Crippen molar-refractivity contribution in [2.75, 3.05) is 19.0 Å². The zero-order chi connectivity index (χ0) is 20.1. The third-order valence-electron chi connectivity index (χ3n) is 4.87. The largest absolute Gasteiger partial charge is 0.363 e. The molecule has 1 aromatic carbocycles. The van der Waals surface area contributed by atoms with Crippen LogP contribution in [0, 0.1) is 5.82 Å². The van der Waals surface area contributed by atoms with Gasteiger partial charge in [0.15, 0.2) is 0 Å². The second kappa shape index (κ2) is 8.82. The standard InChI is InChI=1S/C21H25FN4O2/c1-25(2)19-12-16(10-11-23-19)13-24-21(28)18-4-3-5-20(27)26(18)14-15-6-8-17(22)9-7-15/h6-12,18H,3-5,13-14H2,1-2H3,(H,24,28). The van der Waals surface area contributed by atoms with Gasteiger partial charge in [-0.15, -0.1) is 0 Å². The molecule has 0 spiro atoms. The van der Waals surface area contributed by atoms with E-state index in [0.29, 0.717) is 32.4 Å². The van der Waals surface area contributed by atoms with Gasteiger partial charge in [0, 0.05) is 39.8 Å². The van der Waals surface area contributed by atoms with Crippen molar-refractivity contribution in [3.63, 3.8) is 0 Å². The highest BCUT2D eigenvalue weighted by Crippen LogP contribution is 2.21. The molecule has 0 bridgehead atoms. The number of aromatic nitrogens is 1. The molecule has 1 saturated heterocycles. The molecule has 1 aliphatic rings. The quantitative estimate of drug-likeness (QED) is 0.831. The molecule has 1 unspecified atom stereocenters. The second-order valence-corrected chi connectivity index (χ2v) is 7.19. The number of carbonyl (C=O) groups is 2. The van der Waals surface area contributed by atoms with Gasteiger partial charge in [0.05, 0.1) is 0 Å². The Morgan fingerprint density at radius 3 is 2.71 bits per heavy atom. The molecule has 6 nitrogen and oxygen atoms in total. The van der Waals surface area contributed by atoms with Crippen LogP contribution in [0.2, 0.25) is 0 Å². The number of nitrogens with one attached hydrogen (secondary N) is 1. The molecular formula is C21H25FN4O2. The number of nitrogens with zero attached hydrogens (tertiary/aromatic N) is 3. The number of likely N-dealkylation sites (tertiary alicyclic amines) is 1. The topological polar surface area (TPSA) is 65.5 Å². The summed E-state index contributed by atoms with van der Waals surface area (Å²) in [6.07, 6.45) is 3.46. The molecule has 3 rings (SSSR count). The Kier molecular flexibility index (Phi) is 6.23. The normalized spacial score (nSPS) is 16.8. The van der Waals surface area contributed by atoms with Gasteiger partial charge in [0.25, 0.3) is 0 Å². The number of amides is 2. The maximum absolute atomic E-state index is 13.1. The van der Waals surface area contributed by atoms with E-state index in [-0.39, 0.29) is 17.6 Å². The first-order valence-corrected chi connectivity index (χ1v) is 9.38. The first kappa shape index (κ1) is 19.8. The number of rotatable bonds is 6. The first-order chi connectivity index (χ1) is 13.4. The minimum Gasteiger partial charge on any atom is -0.363 e. The fraction of sp³-hybridized carbons (Fsp3) is 0.381. The van der Waals surface area contributed by atoms with Crippen molar-refractivity contribution in [3.05, 3.63) is 59.5 Å². The molecule has 1 fully saturated rings. The van der Waals surface area contributed by atoms with Crippen LogP contribution in [-0.2, 0) is 22.7 Å². The van der Waals surface area contributed by atoms with E-state index >= 15 is 0 Å². The fourth-order valence-corrected chi connectivity index (χ4v) is 3.30. The van der Waals surface area contributed by atoms with Gasteiger partial charge in [-0.05, 0) is 48.2 Å². The van der Waals surface area contributed by atoms with E-state index in [0.717, 1.165) is 16.9 Å². The highest BCUT2D eigenvalue weighted by Gasteiger charge is 2.33. The van der Waals surface area contributed by atoms with Crippen LogP contribution in [0.1, 0.15) is 30.4 Å². The van der Waals surface area contributed by atoms with E-state index < -0.39 is 6.04 Å². The molecule has 2 heterocycles. The van der Waals surface area contributed by atoms with E-state index in [9.17, 15) is 14.0 Å². The molecule has 2 aromatic rings. The van der Waals surface area contributed by atoms with Crippen LogP contribution in [0.3, 0.4) is 0 Å². The third-order valence-corrected chi connectivity index (χ3v) is 4.87. The lowest BCUT2D eigenvalue weighted by atomic mass is 9.99. The highest BCUT2D eigenvalue weighted by molar-refractivity contribution is 5.88. The Morgan fingerprint density at radius 1 is 1.25 bits per heavy atom. The van der Waals surface area contributed by atoms with Gasteiger partial charge in [-0.25, -0.2) is 9.37 Å². The Bertz CT molecular complexity index is 839. The maximum Gasteiger partial charge on any atom is 0.243 e. The zero-order valence-corrected chi connectivity index (χ0v) is 16.2. The molecule has 2 amide bonds. The number of benzene rings is 1. The van der Waals surface area contributed by atoms with Crippen LogP contribution >= 0.6 is 0 Å². The average molecular weight is 384 g/mol. The SMILES string of the molecule is CN(C)c1cc(CNC(=O)C2CCCC(=O)N2Cc2ccc(F)cc2)ccn1. The van der Waals surface area contributed by atoms with Crippen LogP contribution < -0.4 is 10.2 Å². The molecule has 0 saturated carbocycles. The van der Waals surface area contributed by atoms with Crippen LogP contribution in [0.25, 0.3) is 0 Å². The van der Waals surface area contributed by atoms with Crippen LogP contribution in [0.5, 0.6) is 0 Å². The van der Waals surface area contributed by atoms with Crippen molar-refractivity contribution in [1.82, 2.24) is 15.2 Å². The Balaban J connectivity index is 1.66. The van der Waals surface area contributed by atoms with Gasteiger partial charge in [-0.1, -0.05) is 12.1 Å². The van der Waals surface area contributed by atoms with Crippen molar-refractivity contribution < 1.29 is 14.0 Å². The Labute approximate surface area is 164 Å². The molecule has 0 aliphatic carbocycles. The van der Waals surface area contributed by atoms with Crippen molar-refractivity contribution in [3.8, 4) is 0 Å². The summed E-state index contributed by atoms with van der Waals surface area (Å²) in [5.74, 6) is 0.280. The lowest BCUT2D eigenvalue weighted by molar-refractivity contribution is -0.144. The van der Waals surface area contributed by atoms with Gasteiger partial charge < -0.3 is 15.1 Å². The molecule has 1 N–H and O–H groups in total. The lowest BCUT2D eigenvalue weighted by Crippen LogP contribution is -2.51. The van der Waals surface area contributed by atoms with Gasteiger partial charge in [0.2, 0.25) is 11.8 Å². The van der Waals surface area contributed by atoms with Gasteiger partial charge >= 0.3 is 0 Å².